The average Bonchev–Trinajstić information content (AvgIpc) is 3.62. The minimum atomic E-state index is -1.56. The van der Waals surface area contributed by atoms with Crippen molar-refractivity contribution in [1.82, 2.24) is 9.88 Å². The number of benzene rings is 1. The molecular formula is C21H21F4N3O3. The quantitative estimate of drug-likeness (QED) is 0.678. The molecule has 2 saturated carbocycles. The molecule has 0 bridgehead atoms. The van der Waals surface area contributed by atoms with Gasteiger partial charge in [0, 0.05) is 44.2 Å². The number of aromatic nitrogens is 1. The number of pyridine rings is 1. The van der Waals surface area contributed by atoms with Gasteiger partial charge in [0.05, 0.1) is 16.9 Å². The highest BCUT2D eigenvalue weighted by Crippen LogP contribution is 2.42. The van der Waals surface area contributed by atoms with E-state index >= 15 is 4.39 Å². The number of carboxylic acids is 1. The van der Waals surface area contributed by atoms with Crippen LogP contribution in [0, 0.1) is 17.6 Å². The van der Waals surface area contributed by atoms with Gasteiger partial charge in [0.15, 0.2) is 5.82 Å². The number of anilines is 1. The normalized spacial score (nSPS) is 27.8. The Hall–Kier alpha value is -2.62. The summed E-state index contributed by atoms with van der Waals surface area (Å²) in [7, 11) is 0. The number of carboxylic acid groups (broad SMARTS) is 1. The molecule has 1 aromatic carbocycles. The summed E-state index contributed by atoms with van der Waals surface area (Å²) in [5.41, 5.74) is -2.56. The molecule has 2 heterocycles. The van der Waals surface area contributed by atoms with E-state index in [0.29, 0.717) is 12.6 Å². The van der Waals surface area contributed by atoms with Gasteiger partial charge in [-0.3, -0.25) is 4.79 Å². The molecule has 1 saturated heterocycles. The van der Waals surface area contributed by atoms with E-state index in [4.69, 9.17) is 0 Å². The summed E-state index contributed by atoms with van der Waals surface area (Å²) in [6, 6.07) is 0.315. The standard InChI is InChI=1S/C21H21F4N3O3/c22-13-4-16(13)28-7-12(21(30)31)20(29)11-3-14(23)19(17(25)18(11)28)27-6-9(15(24)8-27)5-26-10-1-2-10/h3,7,9-10,13,15-16,26H,1-2,4-6,8H2,(H,30,31)/t9-,13+,15-,16-/m1/s1. The number of rotatable bonds is 6. The summed E-state index contributed by atoms with van der Waals surface area (Å²) in [6.45, 7) is 0.285. The highest BCUT2D eigenvalue weighted by molar-refractivity contribution is 5.94. The van der Waals surface area contributed by atoms with Crippen LogP contribution in [0.2, 0.25) is 0 Å². The molecule has 6 nitrogen and oxygen atoms in total. The van der Waals surface area contributed by atoms with Crippen molar-refractivity contribution in [3.63, 3.8) is 0 Å². The predicted molar refractivity (Wildman–Crippen MR) is 105 cm³/mol. The number of hydrogen-bond acceptors (Lipinski definition) is 4. The lowest BCUT2D eigenvalue weighted by atomic mass is 10.1. The topological polar surface area (TPSA) is 74.6 Å². The van der Waals surface area contributed by atoms with Crippen LogP contribution in [-0.2, 0) is 0 Å². The van der Waals surface area contributed by atoms with Crippen LogP contribution in [0.1, 0.15) is 35.7 Å². The molecule has 4 atom stereocenters. The monoisotopic (exact) mass is 439 g/mol. The SMILES string of the molecule is O=C(O)c1cn([C@@H]2C[C@@H]2F)c2c(F)c(N3C[C@@H](CNC4CC4)[C@H](F)C3)c(F)cc2c1=O. The molecule has 3 fully saturated rings. The van der Waals surface area contributed by atoms with Crippen molar-refractivity contribution >= 4 is 22.6 Å². The molecule has 0 amide bonds. The minimum Gasteiger partial charge on any atom is -0.477 e. The third kappa shape index (κ3) is 3.46. The van der Waals surface area contributed by atoms with Gasteiger partial charge >= 0.3 is 5.97 Å². The first-order valence-corrected chi connectivity index (χ1v) is 10.3. The van der Waals surface area contributed by atoms with E-state index in [0.717, 1.165) is 29.7 Å². The summed E-state index contributed by atoms with van der Waals surface area (Å²) in [5, 5.41) is 12.0. The first kappa shape index (κ1) is 20.3. The summed E-state index contributed by atoms with van der Waals surface area (Å²) in [5.74, 6) is -4.18. The van der Waals surface area contributed by atoms with Gasteiger partial charge in [-0.15, -0.1) is 0 Å². The molecule has 31 heavy (non-hydrogen) atoms. The van der Waals surface area contributed by atoms with E-state index in [2.05, 4.69) is 5.32 Å². The zero-order valence-corrected chi connectivity index (χ0v) is 16.5. The van der Waals surface area contributed by atoms with E-state index < -0.39 is 64.0 Å². The smallest absolute Gasteiger partial charge is 0.341 e. The van der Waals surface area contributed by atoms with Crippen molar-refractivity contribution in [1.29, 1.82) is 0 Å². The van der Waals surface area contributed by atoms with Gasteiger partial charge in [-0.05, 0) is 18.9 Å². The fourth-order valence-corrected chi connectivity index (χ4v) is 4.39. The lowest BCUT2D eigenvalue weighted by Crippen LogP contribution is -2.30. The molecule has 166 valence electrons. The second kappa shape index (κ2) is 7.22. The average molecular weight is 439 g/mol. The molecule has 0 spiro atoms. The molecule has 2 aromatic rings. The number of aromatic carboxylic acids is 1. The number of halogens is 4. The number of hydrogen-bond donors (Lipinski definition) is 2. The number of fused-ring (bicyclic) bond motifs is 1. The zero-order chi connectivity index (χ0) is 22.0. The maximum absolute atomic E-state index is 15.6. The molecule has 1 aromatic heterocycles. The molecule has 2 aliphatic carbocycles. The Kier molecular flexibility index (Phi) is 4.72. The van der Waals surface area contributed by atoms with E-state index in [-0.39, 0.29) is 25.0 Å². The number of carbonyl (C=O) groups is 1. The van der Waals surface area contributed by atoms with E-state index in [1.807, 2.05) is 0 Å². The third-order valence-corrected chi connectivity index (χ3v) is 6.38. The first-order valence-electron chi connectivity index (χ1n) is 10.3. The predicted octanol–water partition coefficient (Wildman–Crippen LogP) is 2.79. The molecular weight excluding hydrogens is 418 g/mol. The fourth-order valence-electron chi connectivity index (χ4n) is 4.39. The van der Waals surface area contributed by atoms with Crippen molar-refractivity contribution in [2.24, 2.45) is 5.92 Å². The molecule has 1 aliphatic heterocycles. The van der Waals surface area contributed by atoms with Crippen molar-refractivity contribution in [3.05, 3.63) is 39.7 Å². The van der Waals surface area contributed by atoms with Crippen molar-refractivity contribution in [2.75, 3.05) is 24.5 Å². The van der Waals surface area contributed by atoms with E-state index in [1.165, 1.54) is 4.90 Å². The van der Waals surface area contributed by atoms with Gasteiger partial charge in [-0.1, -0.05) is 0 Å². The summed E-state index contributed by atoms with van der Waals surface area (Å²) in [6.07, 6.45) is 0.416. The van der Waals surface area contributed by atoms with Crippen LogP contribution in [0.3, 0.4) is 0 Å². The maximum Gasteiger partial charge on any atom is 0.341 e. The summed E-state index contributed by atoms with van der Waals surface area (Å²) < 4.78 is 60.0. The molecule has 10 heteroatoms. The lowest BCUT2D eigenvalue weighted by Gasteiger charge is -2.22. The van der Waals surface area contributed by atoms with Gasteiger partial charge in [-0.2, -0.15) is 0 Å². The van der Waals surface area contributed by atoms with E-state index in [1.54, 1.807) is 0 Å². The molecule has 5 rings (SSSR count). The minimum absolute atomic E-state index is 0.0361. The number of nitrogens with zero attached hydrogens (tertiary/aromatic N) is 2. The van der Waals surface area contributed by atoms with Crippen molar-refractivity contribution in [3.8, 4) is 0 Å². The van der Waals surface area contributed by atoms with Gasteiger partial charge in [0.2, 0.25) is 5.43 Å². The van der Waals surface area contributed by atoms with Crippen molar-refractivity contribution in [2.45, 2.75) is 43.7 Å². The van der Waals surface area contributed by atoms with Crippen LogP contribution in [0.5, 0.6) is 0 Å². The van der Waals surface area contributed by atoms with E-state index in [9.17, 15) is 27.9 Å². The van der Waals surface area contributed by atoms with Crippen LogP contribution < -0.4 is 15.6 Å². The van der Waals surface area contributed by atoms with Crippen LogP contribution >= 0.6 is 0 Å². The Morgan fingerprint density at radius 1 is 1.19 bits per heavy atom. The molecule has 2 N–H and O–H groups in total. The highest BCUT2D eigenvalue weighted by Gasteiger charge is 2.42. The highest BCUT2D eigenvalue weighted by atomic mass is 19.1. The van der Waals surface area contributed by atoms with Crippen LogP contribution in [0.25, 0.3) is 10.9 Å². The summed E-state index contributed by atoms with van der Waals surface area (Å²) >= 11 is 0. The second-order valence-electron chi connectivity index (χ2n) is 8.68. The van der Waals surface area contributed by atoms with Crippen LogP contribution in [0.4, 0.5) is 23.2 Å². The largest absolute Gasteiger partial charge is 0.477 e. The molecule has 3 aliphatic rings. The van der Waals surface area contributed by atoms with Crippen molar-refractivity contribution < 1.29 is 27.5 Å². The zero-order valence-electron chi connectivity index (χ0n) is 16.5. The Morgan fingerprint density at radius 2 is 1.90 bits per heavy atom. The van der Waals surface area contributed by atoms with Gasteiger partial charge in [-0.25, -0.2) is 22.4 Å². The van der Waals surface area contributed by atoms with Gasteiger partial charge in [0.1, 0.15) is 29.4 Å². The lowest BCUT2D eigenvalue weighted by molar-refractivity contribution is 0.0694. The summed E-state index contributed by atoms with van der Waals surface area (Å²) in [4.78, 5) is 25.2. The Balaban J connectivity index is 1.59. The Morgan fingerprint density at radius 3 is 2.52 bits per heavy atom. The molecule has 0 radical (unpaired) electrons. The Bertz CT molecular complexity index is 1130. The Labute approximate surface area is 174 Å². The second-order valence-corrected chi connectivity index (χ2v) is 8.68. The fraction of sp³-hybridized carbons (Fsp3) is 0.524. The van der Waals surface area contributed by atoms with Crippen LogP contribution in [-0.4, -0.2) is 53.7 Å². The van der Waals surface area contributed by atoms with Gasteiger partial charge < -0.3 is 19.9 Å². The maximum atomic E-state index is 15.6. The molecule has 0 unspecified atom stereocenters. The third-order valence-electron chi connectivity index (χ3n) is 6.38. The number of alkyl halides is 2. The van der Waals surface area contributed by atoms with Gasteiger partial charge in [0.25, 0.3) is 0 Å². The first-order chi connectivity index (χ1) is 14.8. The van der Waals surface area contributed by atoms with Crippen LogP contribution in [0.15, 0.2) is 17.1 Å². The number of nitrogens with one attached hydrogen (secondary N) is 1.